The fourth-order valence-corrected chi connectivity index (χ4v) is 5.13. The normalized spacial score (nSPS) is 13.2. The molecule has 2 rings (SSSR count). The number of carbonyl (C=O) groups is 1. The van der Waals surface area contributed by atoms with E-state index >= 15 is 0 Å². The van der Waals surface area contributed by atoms with Crippen molar-refractivity contribution in [1.29, 1.82) is 0 Å². The number of aliphatic imine (C=N–C) groups is 1. The van der Waals surface area contributed by atoms with Crippen LogP contribution in [-0.4, -0.2) is 44.8 Å². The second-order valence-corrected chi connectivity index (χ2v) is 9.31. The number of sulfonamides is 1. The molecule has 0 bridgehead atoms. The SMILES string of the molecule is COc1cc(C)c(S(=O)(=O)NC(N)=NCCCC(N)C(=O)c2nccs2)c(C)c1C. The average molecular weight is 454 g/mol. The number of benzene rings is 1. The Bertz CT molecular complexity index is 1030. The molecule has 0 saturated carbocycles. The minimum Gasteiger partial charge on any atom is -0.496 e. The number of nitrogens with zero attached hydrogens (tertiary/aromatic N) is 2. The Hall–Kier alpha value is -2.50. The van der Waals surface area contributed by atoms with Crippen LogP contribution in [0.1, 0.15) is 39.3 Å². The smallest absolute Gasteiger partial charge is 0.264 e. The van der Waals surface area contributed by atoms with Crippen LogP contribution in [0.4, 0.5) is 0 Å². The molecule has 164 valence electrons. The highest BCUT2D eigenvalue weighted by Crippen LogP contribution is 2.30. The van der Waals surface area contributed by atoms with Crippen molar-refractivity contribution < 1.29 is 17.9 Å². The van der Waals surface area contributed by atoms with Crippen molar-refractivity contribution in [2.45, 2.75) is 44.6 Å². The number of ketones is 1. The zero-order valence-corrected chi connectivity index (χ0v) is 19.1. The maximum Gasteiger partial charge on any atom is 0.264 e. The van der Waals surface area contributed by atoms with Gasteiger partial charge in [0.1, 0.15) is 5.75 Å². The molecule has 0 fully saturated rings. The Morgan fingerprint density at radius 3 is 2.63 bits per heavy atom. The number of aromatic nitrogens is 1. The van der Waals surface area contributed by atoms with Gasteiger partial charge in [0.2, 0.25) is 11.7 Å². The second kappa shape index (κ2) is 10.0. The molecule has 0 radical (unpaired) electrons. The van der Waals surface area contributed by atoms with E-state index < -0.39 is 16.1 Å². The summed E-state index contributed by atoms with van der Waals surface area (Å²) in [5.41, 5.74) is 13.5. The molecule has 11 heteroatoms. The Morgan fingerprint density at radius 1 is 1.33 bits per heavy atom. The Labute approximate surface area is 180 Å². The molecule has 0 saturated heterocycles. The number of nitrogens with two attached hydrogens (primary N) is 2. The molecule has 0 spiro atoms. The van der Waals surface area contributed by atoms with Crippen LogP contribution in [0.3, 0.4) is 0 Å². The number of ether oxygens (including phenoxy) is 1. The number of hydrogen-bond acceptors (Lipinski definition) is 8. The minimum absolute atomic E-state index is 0.148. The van der Waals surface area contributed by atoms with Crippen molar-refractivity contribution in [3.05, 3.63) is 39.3 Å². The Kier molecular flexibility index (Phi) is 7.93. The number of methoxy groups -OCH3 is 1. The van der Waals surface area contributed by atoms with Crippen LogP contribution < -0.4 is 20.9 Å². The molecular weight excluding hydrogens is 426 g/mol. The van der Waals surface area contributed by atoms with Crippen LogP contribution >= 0.6 is 11.3 Å². The van der Waals surface area contributed by atoms with Crippen molar-refractivity contribution >= 4 is 33.1 Å². The summed E-state index contributed by atoms with van der Waals surface area (Å²) in [5.74, 6) is 0.180. The lowest BCUT2D eigenvalue weighted by Gasteiger charge is -2.17. The van der Waals surface area contributed by atoms with E-state index in [0.717, 1.165) is 5.56 Å². The molecule has 0 aliphatic heterocycles. The molecule has 1 aromatic heterocycles. The number of carbonyl (C=O) groups excluding carboxylic acids is 1. The summed E-state index contributed by atoms with van der Waals surface area (Å²) in [6, 6.07) is 0.988. The summed E-state index contributed by atoms with van der Waals surface area (Å²) >= 11 is 1.24. The predicted molar refractivity (Wildman–Crippen MR) is 118 cm³/mol. The van der Waals surface area contributed by atoms with E-state index in [1.54, 1.807) is 38.4 Å². The van der Waals surface area contributed by atoms with E-state index in [4.69, 9.17) is 16.2 Å². The van der Waals surface area contributed by atoms with Gasteiger partial charge in [-0.3, -0.25) is 9.79 Å². The molecule has 0 amide bonds. The van der Waals surface area contributed by atoms with E-state index in [1.807, 2.05) is 0 Å². The number of hydrogen-bond donors (Lipinski definition) is 3. The quantitative estimate of drug-likeness (QED) is 0.226. The van der Waals surface area contributed by atoms with Crippen LogP contribution in [0.2, 0.25) is 0 Å². The first-order valence-electron chi connectivity index (χ1n) is 9.25. The summed E-state index contributed by atoms with van der Waals surface area (Å²) in [5, 5.41) is 2.09. The first-order chi connectivity index (χ1) is 14.1. The van der Waals surface area contributed by atoms with Crippen molar-refractivity contribution in [2.24, 2.45) is 16.5 Å². The highest BCUT2D eigenvalue weighted by molar-refractivity contribution is 7.90. The maximum absolute atomic E-state index is 12.8. The molecule has 1 heterocycles. The van der Waals surface area contributed by atoms with E-state index in [0.29, 0.717) is 34.7 Å². The summed E-state index contributed by atoms with van der Waals surface area (Å²) in [6.45, 7) is 5.43. The van der Waals surface area contributed by atoms with Gasteiger partial charge in [-0.05, 0) is 56.4 Å². The second-order valence-electron chi connectivity index (χ2n) is 6.80. The number of rotatable bonds is 9. The minimum atomic E-state index is -3.91. The van der Waals surface area contributed by atoms with Gasteiger partial charge in [-0.25, -0.2) is 18.1 Å². The fourth-order valence-electron chi connectivity index (χ4n) is 3.01. The van der Waals surface area contributed by atoms with Gasteiger partial charge in [0.25, 0.3) is 10.0 Å². The number of nitrogens with one attached hydrogen (secondary N) is 1. The van der Waals surface area contributed by atoms with Gasteiger partial charge in [-0.15, -0.1) is 11.3 Å². The Morgan fingerprint density at radius 2 is 2.03 bits per heavy atom. The van der Waals surface area contributed by atoms with Crippen molar-refractivity contribution in [1.82, 2.24) is 9.71 Å². The molecule has 0 aliphatic rings. The van der Waals surface area contributed by atoms with Crippen LogP contribution in [-0.2, 0) is 10.0 Å². The maximum atomic E-state index is 12.8. The van der Waals surface area contributed by atoms with Crippen LogP contribution in [0.15, 0.2) is 27.5 Å². The molecule has 5 N–H and O–H groups in total. The summed E-state index contributed by atoms with van der Waals surface area (Å²) in [6.07, 6.45) is 2.41. The largest absolute Gasteiger partial charge is 0.496 e. The zero-order chi connectivity index (χ0) is 22.5. The predicted octanol–water partition coefficient (Wildman–Crippen LogP) is 1.66. The first kappa shape index (κ1) is 23.8. The lowest BCUT2D eigenvalue weighted by atomic mass is 10.1. The van der Waals surface area contributed by atoms with E-state index in [9.17, 15) is 13.2 Å². The lowest BCUT2D eigenvalue weighted by molar-refractivity contribution is 0.0956. The number of guanidine groups is 1. The van der Waals surface area contributed by atoms with Gasteiger partial charge in [0.05, 0.1) is 18.0 Å². The molecule has 1 atom stereocenters. The standard InChI is InChI=1S/C19H27N5O4S2/c1-11-10-15(28-4)12(2)13(3)17(11)30(26,27)24-19(21)23-7-5-6-14(20)16(25)18-22-8-9-29-18/h8-10,14H,5-7,20H2,1-4H3,(H3,21,23,24). The lowest BCUT2D eigenvalue weighted by Crippen LogP contribution is -2.37. The van der Waals surface area contributed by atoms with Crippen LogP contribution in [0.25, 0.3) is 0 Å². The van der Waals surface area contributed by atoms with Gasteiger partial charge in [-0.1, -0.05) is 0 Å². The average Bonchev–Trinajstić information content (AvgIpc) is 3.21. The molecule has 9 nitrogen and oxygen atoms in total. The van der Waals surface area contributed by atoms with Crippen molar-refractivity contribution in [2.75, 3.05) is 13.7 Å². The van der Waals surface area contributed by atoms with Crippen molar-refractivity contribution in [3.63, 3.8) is 0 Å². The summed E-state index contributed by atoms with van der Waals surface area (Å²) in [4.78, 5) is 20.2. The van der Waals surface area contributed by atoms with Gasteiger partial charge in [0.15, 0.2) is 5.01 Å². The Balaban J connectivity index is 2.00. The monoisotopic (exact) mass is 453 g/mol. The zero-order valence-electron chi connectivity index (χ0n) is 17.4. The third-order valence-electron chi connectivity index (χ3n) is 4.64. The van der Waals surface area contributed by atoms with Gasteiger partial charge >= 0.3 is 0 Å². The molecule has 1 aromatic carbocycles. The van der Waals surface area contributed by atoms with E-state index in [2.05, 4.69) is 14.7 Å². The highest BCUT2D eigenvalue weighted by atomic mass is 32.2. The van der Waals surface area contributed by atoms with Gasteiger partial charge < -0.3 is 16.2 Å². The van der Waals surface area contributed by atoms with Gasteiger partial charge in [0, 0.05) is 18.1 Å². The number of thiazole rings is 1. The fraction of sp³-hybridized carbons (Fsp3) is 0.421. The molecule has 0 aliphatic carbocycles. The molecule has 30 heavy (non-hydrogen) atoms. The third-order valence-corrected chi connectivity index (χ3v) is 7.07. The summed E-state index contributed by atoms with van der Waals surface area (Å²) in [7, 11) is -2.38. The van der Waals surface area contributed by atoms with Crippen molar-refractivity contribution in [3.8, 4) is 5.75 Å². The molecule has 2 aromatic rings. The van der Waals surface area contributed by atoms with Crippen LogP contribution in [0, 0.1) is 20.8 Å². The van der Waals surface area contributed by atoms with Gasteiger partial charge in [-0.2, -0.15) is 0 Å². The highest BCUT2D eigenvalue weighted by Gasteiger charge is 2.23. The number of Topliss-reactive ketones (excluding diaryl/α,β-unsaturated/α-hetero) is 1. The third kappa shape index (κ3) is 5.55. The first-order valence-corrected chi connectivity index (χ1v) is 11.6. The molecular formula is C19H27N5O4S2. The van der Waals surface area contributed by atoms with Crippen LogP contribution in [0.5, 0.6) is 5.75 Å². The molecule has 1 unspecified atom stereocenters. The van der Waals surface area contributed by atoms with E-state index in [-0.39, 0.29) is 23.2 Å². The topological polar surface area (TPSA) is 150 Å². The van der Waals surface area contributed by atoms with E-state index in [1.165, 1.54) is 18.4 Å². The number of aryl methyl sites for hydroxylation is 1. The summed E-state index contributed by atoms with van der Waals surface area (Å²) < 4.78 is 33.2.